The molecular weight excluding hydrogens is 372 g/mol. The molecule has 28 heavy (non-hydrogen) atoms. The lowest BCUT2D eigenvalue weighted by Crippen LogP contribution is -2.40. The average molecular weight is 394 g/mol. The average Bonchev–Trinajstić information content (AvgIpc) is 2.98. The Bertz CT molecular complexity index is 951. The SMILES string of the molecule is CSc1cccc(NC(=O)c2ccc3c(c2)C(=O)N(C2CCCCC2)C3=O)c1. The van der Waals surface area contributed by atoms with Gasteiger partial charge in [0.2, 0.25) is 0 Å². The van der Waals surface area contributed by atoms with Gasteiger partial charge >= 0.3 is 0 Å². The standard InChI is InChI=1S/C22H22N2O3S/c1-28-17-9-5-6-15(13-17)23-20(25)14-10-11-18-19(12-14)22(27)24(21(18)26)16-7-3-2-4-8-16/h5-6,9-13,16H,2-4,7-8H2,1H3,(H,23,25). The van der Waals surface area contributed by atoms with Gasteiger partial charge in [0.15, 0.2) is 0 Å². The Hall–Kier alpha value is -2.60. The Balaban J connectivity index is 1.56. The summed E-state index contributed by atoms with van der Waals surface area (Å²) >= 11 is 1.60. The number of amides is 3. The zero-order valence-electron chi connectivity index (χ0n) is 15.7. The molecule has 1 heterocycles. The minimum absolute atomic E-state index is 0.0206. The fraction of sp³-hybridized carbons (Fsp3) is 0.318. The van der Waals surface area contributed by atoms with E-state index in [1.54, 1.807) is 30.0 Å². The van der Waals surface area contributed by atoms with Crippen molar-refractivity contribution in [2.75, 3.05) is 11.6 Å². The lowest BCUT2D eigenvalue weighted by Gasteiger charge is -2.29. The van der Waals surface area contributed by atoms with Crippen molar-refractivity contribution in [2.45, 2.75) is 43.0 Å². The number of carbonyl (C=O) groups excluding carboxylic acids is 3. The molecular formula is C22H22N2O3S. The first kappa shape index (κ1) is 18.7. The van der Waals surface area contributed by atoms with Gasteiger partial charge in [-0.1, -0.05) is 25.3 Å². The number of benzene rings is 2. The summed E-state index contributed by atoms with van der Waals surface area (Å²) in [6.07, 6.45) is 6.95. The Labute approximate surface area is 168 Å². The van der Waals surface area contributed by atoms with Gasteiger partial charge in [0.05, 0.1) is 11.1 Å². The Morgan fingerprint density at radius 3 is 2.50 bits per heavy atom. The molecule has 0 saturated heterocycles. The number of nitrogens with zero attached hydrogens (tertiary/aromatic N) is 1. The first-order valence-electron chi connectivity index (χ1n) is 9.56. The molecule has 1 fully saturated rings. The smallest absolute Gasteiger partial charge is 0.261 e. The second-order valence-corrected chi connectivity index (χ2v) is 8.10. The summed E-state index contributed by atoms with van der Waals surface area (Å²) in [5, 5.41) is 2.86. The van der Waals surface area contributed by atoms with Crippen LogP contribution < -0.4 is 5.32 Å². The predicted octanol–water partition coefficient (Wildman–Crippen LogP) is 4.59. The van der Waals surface area contributed by atoms with Crippen LogP contribution in [0.1, 0.15) is 63.2 Å². The van der Waals surface area contributed by atoms with Crippen molar-refractivity contribution >= 4 is 35.2 Å². The highest BCUT2D eigenvalue weighted by molar-refractivity contribution is 7.98. The molecule has 1 aliphatic heterocycles. The molecule has 0 spiro atoms. The number of nitrogens with one attached hydrogen (secondary N) is 1. The quantitative estimate of drug-likeness (QED) is 0.608. The molecule has 1 saturated carbocycles. The second-order valence-electron chi connectivity index (χ2n) is 7.22. The molecule has 1 N–H and O–H groups in total. The summed E-state index contributed by atoms with van der Waals surface area (Å²) in [6.45, 7) is 0. The summed E-state index contributed by atoms with van der Waals surface area (Å²) in [5.74, 6) is -0.796. The fourth-order valence-corrected chi connectivity index (χ4v) is 4.44. The fourth-order valence-electron chi connectivity index (χ4n) is 3.98. The Morgan fingerprint density at radius 2 is 1.75 bits per heavy atom. The maximum absolute atomic E-state index is 12.9. The summed E-state index contributed by atoms with van der Waals surface area (Å²) < 4.78 is 0. The first-order chi connectivity index (χ1) is 13.6. The highest BCUT2D eigenvalue weighted by Crippen LogP contribution is 2.31. The van der Waals surface area contributed by atoms with Crippen LogP contribution in [0, 0.1) is 0 Å². The van der Waals surface area contributed by atoms with Gasteiger partial charge < -0.3 is 5.32 Å². The Morgan fingerprint density at radius 1 is 1.00 bits per heavy atom. The summed E-state index contributed by atoms with van der Waals surface area (Å²) in [7, 11) is 0. The molecule has 144 valence electrons. The second kappa shape index (κ2) is 7.80. The Kier molecular flexibility index (Phi) is 5.22. The minimum Gasteiger partial charge on any atom is -0.322 e. The molecule has 1 aliphatic carbocycles. The molecule has 0 atom stereocenters. The van der Waals surface area contributed by atoms with Crippen molar-refractivity contribution in [1.29, 1.82) is 0 Å². The molecule has 2 aliphatic rings. The first-order valence-corrected chi connectivity index (χ1v) is 10.8. The van der Waals surface area contributed by atoms with E-state index in [9.17, 15) is 14.4 Å². The number of hydrogen-bond donors (Lipinski definition) is 1. The maximum Gasteiger partial charge on any atom is 0.261 e. The van der Waals surface area contributed by atoms with E-state index in [2.05, 4.69) is 5.32 Å². The van der Waals surface area contributed by atoms with Crippen LogP contribution in [0.3, 0.4) is 0 Å². The van der Waals surface area contributed by atoms with E-state index in [1.807, 2.05) is 30.5 Å². The number of hydrogen-bond acceptors (Lipinski definition) is 4. The highest BCUT2D eigenvalue weighted by Gasteiger charge is 2.40. The molecule has 0 aromatic heterocycles. The monoisotopic (exact) mass is 394 g/mol. The number of imide groups is 1. The van der Waals surface area contributed by atoms with Gasteiger partial charge in [-0.3, -0.25) is 19.3 Å². The van der Waals surface area contributed by atoms with Gasteiger partial charge in [-0.25, -0.2) is 0 Å². The van der Waals surface area contributed by atoms with Crippen LogP contribution in [-0.4, -0.2) is 34.9 Å². The molecule has 0 radical (unpaired) electrons. The number of thioether (sulfide) groups is 1. The van der Waals surface area contributed by atoms with E-state index in [-0.39, 0.29) is 23.8 Å². The number of rotatable bonds is 4. The zero-order valence-corrected chi connectivity index (χ0v) is 16.6. The summed E-state index contributed by atoms with van der Waals surface area (Å²) in [4.78, 5) is 40.8. The van der Waals surface area contributed by atoms with Crippen molar-refractivity contribution < 1.29 is 14.4 Å². The van der Waals surface area contributed by atoms with Crippen LogP contribution in [0.15, 0.2) is 47.4 Å². The summed E-state index contributed by atoms with van der Waals surface area (Å²) in [6, 6.07) is 12.3. The van der Waals surface area contributed by atoms with Crippen molar-refractivity contribution in [1.82, 2.24) is 4.90 Å². The van der Waals surface area contributed by atoms with Crippen LogP contribution >= 0.6 is 11.8 Å². The molecule has 2 aromatic rings. The molecule has 4 rings (SSSR count). The summed E-state index contributed by atoms with van der Waals surface area (Å²) in [5.41, 5.74) is 1.81. The molecule has 0 unspecified atom stereocenters. The van der Waals surface area contributed by atoms with Crippen LogP contribution in [0.4, 0.5) is 5.69 Å². The topological polar surface area (TPSA) is 66.5 Å². The molecule has 3 amide bonds. The van der Waals surface area contributed by atoms with E-state index in [0.29, 0.717) is 22.4 Å². The third kappa shape index (κ3) is 3.44. The zero-order chi connectivity index (χ0) is 19.7. The minimum atomic E-state index is -0.294. The highest BCUT2D eigenvalue weighted by atomic mass is 32.2. The largest absolute Gasteiger partial charge is 0.322 e. The van der Waals surface area contributed by atoms with E-state index in [0.717, 1.165) is 37.0 Å². The van der Waals surface area contributed by atoms with E-state index in [1.165, 1.54) is 4.90 Å². The van der Waals surface area contributed by atoms with Gasteiger partial charge in [-0.15, -0.1) is 11.8 Å². The third-order valence-corrected chi connectivity index (χ3v) is 6.17. The van der Waals surface area contributed by atoms with Gasteiger partial charge in [0.25, 0.3) is 17.7 Å². The van der Waals surface area contributed by atoms with Crippen LogP contribution in [0.5, 0.6) is 0 Å². The number of fused-ring (bicyclic) bond motifs is 1. The molecule has 6 heteroatoms. The van der Waals surface area contributed by atoms with Gasteiger partial charge in [0.1, 0.15) is 0 Å². The molecule has 5 nitrogen and oxygen atoms in total. The van der Waals surface area contributed by atoms with Gasteiger partial charge in [-0.05, 0) is 55.5 Å². The third-order valence-electron chi connectivity index (χ3n) is 5.45. The van der Waals surface area contributed by atoms with Gasteiger partial charge in [0, 0.05) is 22.2 Å². The van der Waals surface area contributed by atoms with E-state index < -0.39 is 0 Å². The van der Waals surface area contributed by atoms with Crippen LogP contribution in [0.2, 0.25) is 0 Å². The number of anilines is 1. The molecule has 2 aromatic carbocycles. The van der Waals surface area contributed by atoms with Crippen molar-refractivity contribution in [3.05, 3.63) is 59.2 Å². The van der Waals surface area contributed by atoms with E-state index >= 15 is 0 Å². The van der Waals surface area contributed by atoms with Crippen molar-refractivity contribution in [2.24, 2.45) is 0 Å². The normalized spacial score (nSPS) is 17.0. The lowest BCUT2D eigenvalue weighted by atomic mass is 9.94. The number of carbonyl (C=O) groups is 3. The van der Waals surface area contributed by atoms with Crippen LogP contribution in [-0.2, 0) is 0 Å². The molecule has 0 bridgehead atoms. The van der Waals surface area contributed by atoms with Gasteiger partial charge in [-0.2, -0.15) is 0 Å². The van der Waals surface area contributed by atoms with Crippen molar-refractivity contribution in [3.8, 4) is 0 Å². The lowest BCUT2D eigenvalue weighted by molar-refractivity contribution is 0.0549. The van der Waals surface area contributed by atoms with E-state index in [4.69, 9.17) is 0 Å². The van der Waals surface area contributed by atoms with Crippen molar-refractivity contribution in [3.63, 3.8) is 0 Å². The maximum atomic E-state index is 12.9. The van der Waals surface area contributed by atoms with Crippen LogP contribution in [0.25, 0.3) is 0 Å². The predicted molar refractivity (Wildman–Crippen MR) is 110 cm³/mol.